The SMILES string of the molecule is CCN(C(C)=O)[C@H]1CO[C@@H](O[C@H]2[C@H](O[C@H]3CC/C=C\CC[C@]4(O)CC(=O)C(NC(=O)OC)=C3C4)O[C@H](C)[C@@H](NO[C@H]3C[C@H](O)[C@H](SC(=O)c4c(C)c(I)c(O[C@@H]5O[C@@H](C)[C@H](O)[C@@H](OC)[C@H]5O)c(OC)c4OC)[C@@H](C)O3)[C@@H]2O)C[C@@H]1OC. The van der Waals surface area contributed by atoms with Crippen LogP contribution in [0.25, 0.3) is 0 Å². The van der Waals surface area contributed by atoms with Gasteiger partial charge in [-0.2, -0.15) is 5.48 Å². The van der Waals surface area contributed by atoms with Crippen molar-refractivity contribution in [3.05, 3.63) is 38.1 Å². The number of aliphatic hydroxyl groups excluding tert-OH is 4. The number of halogens is 1. The second-order valence-corrected chi connectivity index (χ2v) is 23.3. The van der Waals surface area contributed by atoms with Gasteiger partial charge in [0.15, 0.2) is 36.2 Å². The van der Waals surface area contributed by atoms with E-state index in [2.05, 4.69) is 10.8 Å². The molecule has 6 aliphatic rings. The zero-order valence-corrected chi connectivity index (χ0v) is 50.5. The Balaban J connectivity index is 1.09. The minimum atomic E-state index is -1.49. The molecule has 7 N–H and O–H groups in total. The predicted octanol–water partition coefficient (Wildman–Crippen LogP) is 2.81. The molecular formula is C54H80IN3O22S. The lowest BCUT2D eigenvalue weighted by Crippen LogP contribution is -2.65. The van der Waals surface area contributed by atoms with E-state index >= 15 is 0 Å². The predicted molar refractivity (Wildman–Crippen MR) is 295 cm³/mol. The standard InChI is InChI=1S/C54H80IN3O22S/c1-12-58(28(6)59)30-23-73-35(20-34(30)68-7)78-47-42(63)39(25(3)75-52(47)77-33-17-15-13-14-16-18-54(67)21-29(33)40(32(61)22-54)56-53(66)72-11)57-80-36-19-31(60)49(27(5)74-36)81-50(65)37-24(2)38(55)45(48(71-10)44(37)69-8)79-51-43(64)46(70-9)41(62)26(4)76-51/h13-14,25-27,30-31,33-36,39,41-43,46-47,49,51-52,57,60,62-64,67H,12,15-23H2,1-11H3,(H,56,66)/b14-13-/t25-,26+,27-,30+,31+,33+,34+,35+,36+,39-,41+,42+,43-,46-,47-,49-,51+,52+,54-/m1/s1. The van der Waals surface area contributed by atoms with Crippen LogP contribution in [0.15, 0.2) is 23.4 Å². The van der Waals surface area contributed by atoms with Crippen LogP contribution in [-0.2, 0) is 57.1 Å². The zero-order chi connectivity index (χ0) is 59.2. The highest BCUT2D eigenvalue weighted by atomic mass is 127. The molecule has 0 unspecified atom stereocenters. The zero-order valence-electron chi connectivity index (χ0n) is 47.5. The highest BCUT2D eigenvalue weighted by Gasteiger charge is 2.51. The summed E-state index contributed by atoms with van der Waals surface area (Å²) >= 11 is 2.83. The van der Waals surface area contributed by atoms with Gasteiger partial charge in [0.05, 0.1) is 102 Å². The van der Waals surface area contributed by atoms with Crippen molar-refractivity contribution in [1.29, 1.82) is 0 Å². The maximum Gasteiger partial charge on any atom is 0.411 e. The van der Waals surface area contributed by atoms with Crippen molar-refractivity contribution in [3.8, 4) is 17.2 Å². The van der Waals surface area contributed by atoms with Gasteiger partial charge < -0.3 is 87.3 Å². The molecule has 456 valence electrons. The second kappa shape index (κ2) is 28.7. The van der Waals surface area contributed by atoms with Gasteiger partial charge in [-0.3, -0.25) is 24.5 Å². The number of rotatable bonds is 18. The van der Waals surface area contributed by atoms with E-state index in [1.165, 1.54) is 42.5 Å². The fourth-order valence-corrected chi connectivity index (χ4v) is 13.2. The Hall–Kier alpha value is -3.34. The summed E-state index contributed by atoms with van der Waals surface area (Å²) in [6, 6.07) is -1.50. The quantitative estimate of drug-likeness (QED) is 0.0631. The molecule has 0 radical (unpaired) electrons. The Morgan fingerprint density at radius 2 is 1.54 bits per heavy atom. The summed E-state index contributed by atoms with van der Waals surface area (Å²) in [6.45, 7) is 10.4. The van der Waals surface area contributed by atoms with Crippen molar-refractivity contribution < 1.29 is 106 Å². The van der Waals surface area contributed by atoms with E-state index in [-0.39, 0.29) is 79.5 Å². The van der Waals surface area contributed by atoms with Crippen molar-refractivity contribution in [2.45, 2.75) is 208 Å². The normalized spacial score (nSPS) is 37.0. The number of methoxy groups -OCH3 is 5. The first-order chi connectivity index (χ1) is 38.5. The number of likely N-dealkylation sites (N-methyl/N-ethyl adjacent to an activating group) is 1. The summed E-state index contributed by atoms with van der Waals surface area (Å²) in [5, 5.41) is 58.8. The molecule has 7 rings (SSSR count). The molecule has 19 atom stereocenters. The number of hydroxylamine groups is 1. The minimum Gasteiger partial charge on any atom is -0.492 e. The Morgan fingerprint density at radius 1 is 0.840 bits per heavy atom. The molecule has 81 heavy (non-hydrogen) atoms. The lowest BCUT2D eigenvalue weighted by molar-refractivity contribution is -0.340. The molecule has 2 aliphatic carbocycles. The van der Waals surface area contributed by atoms with Gasteiger partial charge in [0.1, 0.15) is 30.5 Å². The number of ether oxygens (including phenoxy) is 12. The number of thioether (sulfide) groups is 1. The summed E-state index contributed by atoms with van der Waals surface area (Å²) < 4.78 is 72.5. The molecule has 0 spiro atoms. The maximum atomic E-state index is 14.4. The number of amides is 2. The number of benzene rings is 1. The van der Waals surface area contributed by atoms with Gasteiger partial charge in [0, 0.05) is 53.4 Å². The van der Waals surface area contributed by atoms with Crippen LogP contribution < -0.4 is 25.0 Å². The first-order valence-corrected chi connectivity index (χ1v) is 29.1. The first-order valence-electron chi connectivity index (χ1n) is 27.2. The number of ketones is 1. The number of hydrogen-bond acceptors (Lipinski definition) is 24. The van der Waals surface area contributed by atoms with Gasteiger partial charge in [0.2, 0.25) is 23.1 Å². The molecule has 0 aromatic heterocycles. The molecule has 2 amide bonds. The largest absolute Gasteiger partial charge is 0.492 e. The fraction of sp³-hybridized carbons (Fsp3) is 0.741. The van der Waals surface area contributed by atoms with Crippen LogP contribution in [0, 0.1) is 10.5 Å². The molecule has 4 heterocycles. The lowest BCUT2D eigenvalue weighted by atomic mass is 9.76. The highest BCUT2D eigenvalue weighted by molar-refractivity contribution is 14.1. The van der Waals surface area contributed by atoms with Crippen LogP contribution in [-0.4, -0.2) is 217 Å². The topological polar surface area (TPSA) is 317 Å². The van der Waals surface area contributed by atoms with E-state index in [4.69, 9.17) is 61.7 Å². The molecule has 4 saturated heterocycles. The summed E-state index contributed by atoms with van der Waals surface area (Å²) in [5.74, 6) is -0.485. The van der Waals surface area contributed by atoms with Crippen molar-refractivity contribution in [3.63, 3.8) is 0 Å². The van der Waals surface area contributed by atoms with E-state index in [0.29, 0.717) is 34.1 Å². The van der Waals surface area contributed by atoms with E-state index in [0.717, 1.165) is 11.8 Å². The number of nitrogens with one attached hydrogen (secondary N) is 2. The molecule has 25 nitrogen and oxygen atoms in total. The van der Waals surface area contributed by atoms with Crippen LogP contribution in [0.3, 0.4) is 0 Å². The van der Waals surface area contributed by atoms with Crippen LogP contribution in [0.2, 0.25) is 0 Å². The number of allylic oxidation sites excluding steroid dienone is 3. The first kappa shape index (κ1) is 65.2. The smallest absolute Gasteiger partial charge is 0.411 e. The molecule has 4 fully saturated rings. The monoisotopic (exact) mass is 1280 g/mol. The van der Waals surface area contributed by atoms with Crippen LogP contribution in [0.4, 0.5) is 4.79 Å². The van der Waals surface area contributed by atoms with E-state index in [1.807, 2.05) is 41.7 Å². The fourth-order valence-electron chi connectivity index (χ4n) is 11.4. The van der Waals surface area contributed by atoms with Gasteiger partial charge in [0.25, 0.3) is 0 Å². The Morgan fingerprint density at radius 3 is 2.19 bits per heavy atom. The van der Waals surface area contributed by atoms with E-state index in [9.17, 15) is 44.7 Å². The van der Waals surface area contributed by atoms with E-state index in [1.54, 1.807) is 32.6 Å². The minimum absolute atomic E-state index is 0.0202. The maximum absolute atomic E-state index is 14.4. The molecule has 1 aromatic carbocycles. The average Bonchev–Trinajstić information content (AvgIpc) is 3.46. The number of nitrogens with zero attached hydrogens (tertiary/aromatic N) is 1. The second-order valence-electron chi connectivity index (χ2n) is 21.1. The summed E-state index contributed by atoms with van der Waals surface area (Å²) in [6.07, 6.45) is -12.0. The third kappa shape index (κ3) is 14.7. The number of carbonyl (C=O) groups is 4. The molecule has 0 saturated carbocycles. The van der Waals surface area contributed by atoms with Gasteiger partial charge in [-0.15, -0.1) is 0 Å². The third-order valence-corrected chi connectivity index (χ3v) is 18.5. The van der Waals surface area contributed by atoms with Gasteiger partial charge in [-0.05, 0) is 94.0 Å². The lowest BCUT2D eigenvalue weighted by Gasteiger charge is -2.47. The molecule has 27 heteroatoms. The highest BCUT2D eigenvalue weighted by Crippen LogP contribution is 2.49. The van der Waals surface area contributed by atoms with Crippen molar-refractivity contribution >= 4 is 57.3 Å². The Bertz CT molecular complexity index is 2430. The number of carbonyl (C=O) groups excluding carboxylic acids is 4. The molecular weight excluding hydrogens is 1200 g/mol. The summed E-state index contributed by atoms with van der Waals surface area (Å²) in [7, 11) is 6.77. The van der Waals surface area contributed by atoms with Crippen molar-refractivity contribution in [2.24, 2.45) is 0 Å². The summed E-state index contributed by atoms with van der Waals surface area (Å²) in [4.78, 5) is 61.2. The van der Waals surface area contributed by atoms with Gasteiger partial charge >= 0.3 is 6.09 Å². The van der Waals surface area contributed by atoms with E-state index < -0.39 is 132 Å². The Labute approximate surface area is 489 Å². The van der Waals surface area contributed by atoms with Crippen molar-refractivity contribution in [1.82, 2.24) is 15.7 Å². The average molecular weight is 1280 g/mol. The van der Waals surface area contributed by atoms with Crippen LogP contribution >= 0.6 is 34.4 Å². The summed E-state index contributed by atoms with van der Waals surface area (Å²) in [5.41, 5.74) is 2.28. The van der Waals surface area contributed by atoms with Crippen molar-refractivity contribution in [2.75, 3.05) is 48.7 Å². The van der Waals surface area contributed by atoms with Gasteiger partial charge in [-0.1, -0.05) is 23.9 Å². The molecule has 1 aromatic rings. The number of hydrogen-bond donors (Lipinski definition) is 7. The van der Waals surface area contributed by atoms with Crippen LogP contribution in [0.5, 0.6) is 17.2 Å². The Kier molecular flexibility index (Phi) is 23.1. The third-order valence-electron chi connectivity index (χ3n) is 15.8. The molecule has 4 aliphatic heterocycles. The number of aliphatic hydroxyl groups is 5. The van der Waals surface area contributed by atoms with Crippen LogP contribution in [0.1, 0.15) is 102 Å². The number of fused-ring (bicyclic) bond motifs is 2. The van der Waals surface area contributed by atoms with Gasteiger partial charge in [-0.25, -0.2) is 4.79 Å². The number of alkyl carbamates (subject to hydrolysis) is 1. The number of Topliss-reactive ketones (excluding diaryl/α,β-unsaturated/α-hetero) is 1. The molecule has 2 bridgehead atoms.